The average molecular weight is 274 g/mol. The van der Waals surface area contributed by atoms with Crippen molar-refractivity contribution < 1.29 is 19.4 Å². The molecule has 0 radical (unpaired) electrons. The van der Waals surface area contributed by atoms with Crippen LogP contribution in [-0.4, -0.2) is 86.1 Å². The molecule has 1 heterocycles. The average Bonchev–Trinajstić information content (AvgIpc) is 2.26. The Morgan fingerprint density at radius 2 is 2.21 bits per heavy atom. The molecule has 1 aliphatic heterocycles. The maximum absolute atomic E-state index is 11.4. The maximum Gasteiger partial charge on any atom is 0.248 e. The van der Waals surface area contributed by atoms with Gasteiger partial charge < -0.3 is 19.5 Å². The number of hydrogen-bond donors (Lipinski definition) is 1. The molecule has 6 heteroatoms. The summed E-state index contributed by atoms with van der Waals surface area (Å²) >= 11 is 0. The van der Waals surface area contributed by atoms with E-state index < -0.39 is 0 Å². The third-order valence-electron chi connectivity index (χ3n) is 3.00. The number of carbonyl (C=O) groups excluding carboxylic acids is 1. The molecule has 1 aliphatic rings. The van der Waals surface area contributed by atoms with E-state index in [2.05, 4.69) is 4.90 Å². The highest BCUT2D eigenvalue weighted by atomic mass is 16.5. The summed E-state index contributed by atoms with van der Waals surface area (Å²) in [6.45, 7) is 6.81. The van der Waals surface area contributed by atoms with E-state index in [9.17, 15) is 4.79 Å². The molecule has 1 rings (SSSR count). The lowest BCUT2D eigenvalue weighted by Crippen LogP contribution is -2.54. The molecule has 19 heavy (non-hydrogen) atoms. The highest BCUT2D eigenvalue weighted by molar-refractivity contribution is 5.76. The Morgan fingerprint density at radius 3 is 2.79 bits per heavy atom. The van der Waals surface area contributed by atoms with Crippen LogP contribution in [0.25, 0.3) is 0 Å². The number of carbonyl (C=O) groups is 1. The summed E-state index contributed by atoms with van der Waals surface area (Å²) in [7, 11) is 3.41. The zero-order valence-electron chi connectivity index (χ0n) is 12.4. The lowest BCUT2D eigenvalue weighted by molar-refractivity contribution is -0.160. The van der Waals surface area contributed by atoms with E-state index in [1.165, 1.54) is 4.90 Å². The van der Waals surface area contributed by atoms with E-state index in [-0.39, 0.29) is 30.8 Å². The van der Waals surface area contributed by atoms with Crippen LogP contribution in [0.1, 0.15) is 13.8 Å². The molecule has 0 bridgehead atoms. The summed E-state index contributed by atoms with van der Waals surface area (Å²) in [4.78, 5) is 15.1. The quantitative estimate of drug-likeness (QED) is 0.712. The van der Waals surface area contributed by atoms with Crippen LogP contribution in [0, 0.1) is 0 Å². The number of aliphatic hydroxyl groups excluding tert-OH is 1. The molecule has 0 saturated carbocycles. The number of ether oxygens (including phenoxy) is 2. The third kappa shape index (κ3) is 5.86. The van der Waals surface area contributed by atoms with Crippen molar-refractivity contribution in [2.45, 2.75) is 25.6 Å². The van der Waals surface area contributed by atoms with Gasteiger partial charge in [0.25, 0.3) is 0 Å². The fourth-order valence-electron chi connectivity index (χ4n) is 2.22. The minimum Gasteiger partial charge on any atom is -0.395 e. The van der Waals surface area contributed by atoms with Gasteiger partial charge in [0.05, 0.1) is 24.9 Å². The fraction of sp³-hybridized carbons (Fsp3) is 0.923. The Bertz CT molecular complexity index is 294. The molecule has 112 valence electrons. The first-order valence-corrected chi connectivity index (χ1v) is 6.63. The fourth-order valence-corrected chi connectivity index (χ4v) is 2.22. The van der Waals surface area contributed by atoms with Crippen LogP contribution in [0.4, 0.5) is 0 Å². The monoisotopic (exact) mass is 274 g/mol. The second kappa shape index (κ2) is 7.19. The van der Waals surface area contributed by atoms with Crippen molar-refractivity contribution in [2.24, 2.45) is 0 Å². The predicted octanol–water partition coefficient (Wildman–Crippen LogP) is -0.437. The van der Waals surface area contributed by atoms with Crippen LogP contribution in [0.3, 0.4) is 0 Å². The predicted molar refractivity (Wildman–Crippen MR) is 72.0 cm³/mol. The van der Waals surface area contributed by atoms with Crippen molar-refractivity contribution in [3.63, 3.8) is 0 Å². The standard InChI is InChI=1S/C13H26N2O4/c1-13(2)10-15(5-6-16)7-11(19-13)8-18-9-12(17)14(3)4/h11,16H,5-10H2,1-4H3/t11-/m0/s1. The second-order valence-corrected chi connectivity index (χ2v) is 5.76. The molecular formula is C13H26N2O4. The Morgan fingerprint density at radius 1 is 1.53 bits per heavy atom. The van der Waals surface area contributed by atoms with Crippen LogP contribution in [0.2, 0.25) is 0 Å². The molecule has 0 aliphatic carbocycles. The molecule has 0 aromatic carbocycles. The summed E-state index contributed by atoms with van der Waals surface area (Å²) in [5, 5.41) is 9.02. The van der Waals surface area contributed by atoms with E-state index in [4.69, 9.17) is 14.6 Å². The van der Waals surface area contributed by atoms with Gasteiger partial charge in [-0.25, -0.2) is 0 Å². The Balaban J connectivity index is 2.37. The van der Waals surface area contributed by atoms with Gasteiger partial charge in [-0.2, -0.15) is 0 Å². The van der Waals surface area contributed by atoms with E-state index in [1.54, 1.807) is 14.1 Å². The van der Waals surface area contributed by atoms with Crippen molar-refractivity contribution in [2.75, 3.05) is 53.6 Å². The van der Waals surface area contributed by atoms with Gasteiger partial charge in [-0.1, -0.05) is 0 Å². The first-order valence-electron chi connectivity index (χ1n) is 6.63. The van der Waals surface area contributed by atoms with Crippen LogP contribution < -0.4 is 0 Å². The van der Waals surface area contributed by atoms with Crippen LogP contribution >= 0.6 is 0 Å². The topological polar surface area (TPSA) is 62.2 Å². The number of β-amino-alcohol motifs (C(OH)–C–C–N with tert-alkyl or cyclic N) is 1. The van der Waals surface area contributed by atoms with Gasteiger partial charge in [-0.05, 0) is 13.8 Å². The van der Waals surface area contributed by atoms with Gasteiger partial charge >= 0.3 is 0 Å². The number of aliphatic hydroxyl groups is 1. The van der Waals surface area contributed by atoms with Gasteiger partial charge in [0.15, 0.2) is 0 Å². The molecule has 1 N–H and O–H groups in total. The van der Waals surface area contributed by atoms with Crippen LogP contribution in [0.5, 0.6) is 0 Å². The van der Waals surface area contributed by atoms with Gasteiger partial charge in [0.2, 0.25) is 5.91 Å². The number of nitrogens with zero attached hydrogens (tertiary/aromatic N) is 2. The lowest BCUT2D eigenvalue weighted by atomic mass is 10.1. The smallest absolute Gasteiger partial charge is 0.248 e. The van der Waals surface area contributed by atoms with Crippen LogP contribution in [-0.2, 0) is 14.3 Å². The SMILES string of the molecule is CN(C)C(=O)COC[C@@H]1CN(CCO)CC(C)(C)O1. The van der Waals surface area contributed by atoms with E-state index in [0.29, 0.717) is 13.2 Å². The number of rotatable bonds is 6. The summed E-state index contributed by atoms with van der Waals surface area (Å²) in [6.07, 6.45) is -0.0646. The highest BCUT2D eigenvalue weighted by Crippen LogP contribution is 2.20. The summed E-state index contributed by atoms with van der Waals surface area (Å²) in [6, 6.07) is 0. The zero-order valence-corrected chi connectivity index (χ0v) is 12.4. The molecule has 1 atom stereocenters. The number of hydrogen-bond acceptors (Lipinski definition) is 5. The van der Waals surface area contributed by atoms with E-state index in [1.807, 2.05) is 13.8 Å². The molecule has 0 unspecified atom stereocenters. The molecular weight excluding hydrogens is 248 g/mol. The summed E-state index contributed by atoms with van der Waals surface area (Å²) in [5.41, 5.74) is -0.257. The van der Waals surface area contributed by atoms with Crippen LogP contribution in [0.15, 0.2) is 0 Å². The van der Waals surface area contributed by atoms with Crippen molar-refractivity contribution in [1.29, 1.82) is 0 Å². The van der Waals surface area contributed by atoms with Gasteiger partial charge in [0, 0.05) is 33.7 Å². The van der Waals surface area contributed by atoms with E-state index >= 15 is 0 Å². The van der Waals surface area contributed by atoms with Crippen molar-refractivity contribution in [3.05, 3.63) is 0 Å². The largest absolute Gasteiger partial charge is 0.395 e. The Kier molecular flexibility index (Phi) is 6.19. The molecule has 1 saturated heterocycles. The molecule has 0 aromatic heterocycles. The number of amides is 1. The first kappa shape index (κ1) is 16.4. The normalized spacial score (nSPS) is 23.3. The summed E-state index contributed by atoms with van der Waals surface area (Å²) < 4.78 is 11.3. The molecule has 0 spiro atoms. The number of likely N-dealkylation sites (N-methyl/N-ethyl adjacent to an activating group) is 1. The molecule has 0 aromatic rings. The second-order valence-electron chi connectivity index (χ2n) is 5.76. The molecule has 1 amide bonds. The molecule has 6 nitrogen and oxygen atoms in total. The van der Waals surface area contributed by atoms with Gasteiger partial charge in [0.1, 0.15) is 6.61 Å². The third-order valence-corrected chi connectivity index (χ3v) is 3.00. The zero-order chi connectivity index (χ0) is 14.5. The minimum atomic E-state index is -0.257. The Hall–Kier alpha value is -0.690. The number of morpholine rings is 1. The summed E-state index contributed by atoms with van der Waals surface area (Å²) in [5.74, 6) is -0.0534. The lowest BCUT2D eigenvalue weighted by Gasteiger charge is -2.42. The Labute approximate surface area is 115 Å². The van der Waals surface area contributed by atoms with Crippen molar-refractivity contribution in [1.82, 2.24) is 9.80 Å². The van der Waals surface area contributed by atoms with Gasteiger partial charge in [-0.15, -0.1) is 0 Å². The van der Waals surface area contributed by atoms with Gasteiger partial charge in [-0.3, -0.25) is 9.69 Å². The molecule has 1 fully saturated rings. The highest BCUT2D eigenvalue weighted by Gasteiger charge is 2.33. The van der Waals surface area contributed by atoms with Crippen molar-refractivity contribution >= 4 is 5.91 Å². The maximum atomic E-state index is 11.4. The minimum absolute atomic E-state index is 0.0534. The van der Waals surface area contributed by atoms with Crippen molar-refractivity contribution in [3.8, 4) is 0 Å². The van der Waals surface area contributed by atoms with E-state index in [0.717, 1.165) is 13.1 Å². The first-order chi connectivity index (χ1) is 8.84.